The van der Waals surface area contributed by atoms with Gasteiger partial charge in [0.25, 0.3) is 0 Å². The highest BCUT2D eigenvalue weighted by Crippen LogP contribution is 2.26. The summed E-state index contributed by atoms with van der Waals surface area (Å²) in [5.74, 6) is 0.505. The van der Waals surface area contributed by atoms with Crippen molar-refractivity contribution in [1.29, 1.82) is 0 Å². The lowest BCUT2D eigenvalue weighted by molar-refractivity contribution is -0.131. The van der Waals surface area contributed by atoms with E-state index in [-0.39, 0.29) is 5.54 Å². The number of carboxylic acids is 1. The molecule has 0 radical (unpaired) electrons. The van der Waals surface area contributed by atoms with E-state index in [2.05, 4.69) is 26.7 Å². The van der Waals surface area contributed by atoms with Crippen LogP contribution < -0.4 is 15.4 Å². The van der Waals surface area contributed by atoms with Crippen LogP contribution >= 0.6 is 0 Å². The monoisotopic (exact) mass is 354 g/mol. The van der Waals surface area contributed by atoms with Crippen molar-refractivity contribution in [2.45, 2.75) is 18.4 Å². The third-order valence-electron chi connectivity index (χ3n) is 4.38. The largest absolute Gasteiger partial charge is 0.497 e. The Morgan fingerprint density at radius 3 is 2.96 bits per heavy atom. The maximum absolute atomic E-state index is 10.6. The van der Waals surface area contributed by atoms with Gasteiger partial charge in [0.2, 0.25) is 0 Å². The van der Waals surface area contributed by atoms with Crippen LogP contribution in [0.5, 0.6) is 5.75 Å². The van der Waals surface area contributed by atoms with Gasteiger partial charge in [0.1, 0.15) is 11.6 Å². The van der Waals surface area contributed by atoms with Crippen LogP contribution in [0.2, 0.25) is 0 Å². The Labute approximate surface area is 152 Å². The van der Waals surface area contributed by atoms with E-state index in [4.69, 9.17) is 9.84 Å². The molecule has 1 aromatic heterocycles. The third-order valence-corrected chi connectivity index (χ3v) is 4.38. The van der Waals surface area contributed by atoms with Gasteiger partial charge in [-0.15, -0.1) is 0 Å². The van der Waals surface area contributed by atoms with E-state index in [1.165, 1.54) is 11.6 Å². The number of hydrogen-bond donors (Lipinski definition) is 3. The quantitative estimate of drug-likeness (QED) is 0.654. The van der Waals surface area contributed by atoms with Gasteiger partial charge in [-0.3, -0.25) is 4.98 Å². The topological polar surface area (TPSA) is 96.4 Å². The Bertz CT molecular complexity index is 784. The molecule has 0 spiro atoms. The summed E-state index contributed by atoms with van der Waals surface area (Å²) in [5.41, 5.74) is 1.54. The van der Waals surface area contributed by atoms with Crippen LogP contribution in [-0.2, 0) is 11.2 Å². The summed E-state index contributed by atoms with van der Waals surface area (Å²) in [6, 6.07) is 8.07. The summed E-state index contributed by atoms with van der Waals surface area (Å²) in [4.78, 5) is 19.2. The van der Waals surface area contributed by atoms with Gasteiger partial charge in [0.05, 0.1) is 30.7 Å². The molecule has 7 heteroatoms. The molecule has 3 N–H and O–H groups in total. The van der Waals surface area contributed by atoms with Crippen LogP contribution in [0.3, 0.4) is 0 Å². The summed E-state index contributed by atoms with van der Waals surface area (Å²) in [6.45, 7) is 1.76. The normalized spacial score (nSPS) is 19.6. The summed E-state index contributed by atoms with van der Waals surface area (Å²) in [6.07, 6.45) is 7.45. The highest BCUT2D eigenvalue weighted by Gasteiger charge is 2.34. The summed E-state index contributed by atoms with van der Waals surface area (Å²) < 4.78 is 5.32. The molecular formula is C19H22N4O3. The maximum atomic E-state index is 10.6. The van der Waals surface area contributed by atoms with Gasteiger partial charge >= 0.3 is 5.97 Å². The first-order valence-electron chi connectivity index (χ1n) is 8.43. The van der Waals surface area contributed by atoms with Crippen LogP contribution in [0, 0.1) is 0 Å². The fourth-order valence-electron chi connectivity index (χ4n) is 3.14. The lowest BCUT2D eigenvalue weighted by atomic mass is 9.89. The Kier molecular flexibility index (Phi) is 5.48. The molecule has 136 valence electrons. The number of anilines is 1. The first kappa shape index (κ1) is 17.9. The van der Waals surface area contributed by atoms with E-state index < -0.39 is 5.97 Å². The zero-order chi connectivity index (χ0) is 18.4. The first-order valence-corrected chi connectivity index (χ1v) is 8.43. The van der Waals surface area contributed by atoms with E-state index in [1.54, 1.807) is 19.5 Å². The van der Waals surface area contributed by atoms with E-state index in [0.29, 0.717) is 11.5 Å². The molecule has 1 atom stereocenters. The zero-order valence-electron chi connectivity index (χ0n) is 14.6. The number of nitrogens with one attached hydrogen (secondary N) is 2. The highest BCUT2D eigenvalue weighted by atomic mass is 16.5. The second-order valence-electron chi connectivity index (χ2n) is 6.36. The summed E-state index contributed by atoms with van der Waals surface area (Å²) in [7, 11) is 1.67. The van der Waals surface area contributed by atoms with Crippen LogP contribution in [-0.4, -0.2) is 46.8 Å². The SMILES string of the molecule is COc1cccc(C[C@@]2(Nc3cnc(/C=C/C(=O)O)cn3)CCNC2)c1. The van der Waals surface area contributed by atoms with Crippen LogP contribution in [0.1, 0.15) is 17.7 Å². The summed E-state index contributed by atoms with van der Waals surface area (Å²) in [5, 5.41) is 15.6. The van der Waals surface area contributed by atoms with E-state index in [9.17, 15) is 4.79 Å². The lowest BCUT2D eigenvalue weighted by Gasteiger charge is -2.30. The number of carbonyl (C=O) groups is 1. The van der Waals surface area contributed by atoms with E-state index in [1.807, 2.05) is 18.2 Å². The molecule has 0 unspecified atom stereocenters. The Morgan fingerprint density at radius 1 is 1.42 bits per heavy atom. The van der Waals surface area contributed by atoms with Gasteiger partial charge in [-0.1, -0.05) is 12.1 Å². The van der Waals surface area contributed by atoms with Gasteiger partial charge in [0, 0.05) is 12.6 Å². The van der Waals surface area contributed by atoms with Crippen molar-refractivity contribution in [3.8, 4) is 5.75 Å². The Hall–Kier alpha value is -2.93. The second-order valence-corrected chi connectivity index (χ2v) is 6.36. The predicted molar refractivity (Wildman–Crippen MR) is 99.2 cm³/mol. The average molecular weight is 354 g/mol. The molecule has 0 saturated carbocycles. The minimum absolute atomic E-state index is 0.153. The Balaban J connectivity index is 1.74. The number of rotatable bonds is 7. The molecule has 26 heavy (non-hydrogen) atoms. The minimum Gasteiger partial charge on any atom is -0.497 e. The van der Waals surface area contributed by atoms with Crippen LogP contribution in [0.4, 0.5) is 5.82 Å². The van der Waals surface area contributed by atoms with Crippen molar-refractivity contribution in [1.82, 2.24) is 15.3 Å². The van der Waals surface area contributed by atoms with Crippen molar-refractivity contribution in [3.05, 3.63) is 54.0 Å². The minimum atomic E-state index is -1.01. The fourth-order valence-corrected chi connectivity index (χ4v) is 3.14. The van der Waals surface area contributed by atoms with Crippen molar-refractivity contribution in [2.24, 2.45) is 0 Å². The molecular weight excluding hydrogens is 332 g/mol. The number of nitrogens with zero attached hydrogens (tertiary/aromatic N) is 2. The number of benzene rings is 1. The van der Waals surface area contributed by atoms with Gasteiger partial charge < -0.3 is 20.5 Å². The molecule has 1 aliphatic heterocycles. The van der Waals surface area contributed by atoms with E-state index >= 15 is 0 Å². The number of aromatic nitrogens is 2. The standard InChI is InChI=1S/C19H22N4O3/c1-26-16-4-2-3-14(9-16)10-19(7-8-20-13-19)23-17-12-21-15(11-22-17)5-6-18(24)25/h2-6,9,11-12,20H,7-8,10,13H2,1H3,(H,22,23)(H,24,25)/b6-5+/t19-/m0/s1. The molecule has 1 aliphatic rings. The molecule has 3 rings (SSSR count). The number of methoxy groups -OCH3 is 1. The molecule has 0 amide bonds. The first-order chi connectivity index (χ1) is 12.6. The zero-order valence-corrected chi connectivity index (χ0v) is 14.6. The molecule has 2 aromatic rings. The molecule has 1 saturated heterocycles. The number of carboxylic acid groups (broad SMARTS) is 1. The number of ether oxygens (including phenoxy) is 1. The second kappa shape index (κ2) is 7.97. The molecule has 7 nitrogen and oxygen atoms in total. The smallest absolute Gasteiger partial charge is 0.328 e. The molecule has 1 fully saturated rings. The molecule has 0 aliphatic carbocycles. The molecule has 1 aromatic carbocycles. The average Bonchev–Trinajstić information content (AvgIpc) is 3.09. The van der Waals surface area contributed by atoms with Crippen LogP contribution in [0.15, 0.2) is 42.7 Å². The number of aliphatic carboxylic acids is 1. The Morgan fingerprint density at radius 2 is 2.31 bits per heavy atom. The van der Waals surface area contributed by atoms with Gasteiger partial charge in [-0.2, -0.15) is 0 Å². The van der Waals surface area contributed by atoms with Crippen molar-refractivity contribution < 1.29 is 14.6 Å². The van der Waals surface area contributed by atoms with Gasteiger partial charge in [-0.05, 0) is 43.2 Å². The third kappa shape index (κ3) is 4.58. The molecule has 2 heterocycles. The summed E-state index contributed by atoms with van der Waals surface area (Å²) >= 11 is 0. The van der Waals surface area contributed by atoms with E-state index in [0.717, 1.165) is 37.8 Å². The fraction of sp³-hybridized carbons (Fsp3) is 0.316. The predicted octanol–water partition coefficient (Wildman–Crippen LogP) is 1.97. The van der Waals surface area contributed by atoms with Crippen molar-refractivity contribution in [3.63, 3.8) is 0 Å². The van der Waals surface area contributed by atoms with Gasteiger partial charge in [-0.25, -0.2) is 9.78 Å². The van der Waals surface area contributed by atoms with Crippen LogP contribution in [0.25, 0.3) is 6.08 Å². The number of hydrogen-bond acceptors (Lipinski definition) is 6. The van der Waals surface area contributed by atoms with Crippen molar-refractivity contribution >= 4 is 17.9 Å². The lowest BCUT2D eigenvalue weighted by Crippen LogP contribution is -2.43. The van der Waals surface area contributed by atoms with Gasteiger partial charge in [0.15, 0.2) is 0 Å². The maximum Gasteiger partial charge on any atom is 0.328 e. The highest BCUT2D eigenvalue weighted by molar-refractivity contribution is 5.84. The molecule has 0 bridgehead atoms. The van der Waals surface area contributed by atoms with Crippen molar-refractivity contribution in [2.75, 3.05) is 25.5 Å².